The van der Waals surface area contributed by atoms with Gasteiger partial charge in [-0.25, -0.2) is 4.98 Å². The molecule has 96 valence electrons. The summed E-state index contributed by atoms with van der Waals surface area (Å²) < 4.78 is 0.888. The van der Waals surface area contributed by atoms with Crippen LogP contribution in [0.1, 0.15) is 18.4 Å². The van der Waals surface area contributed by atoms with Gasteiger partial charge in [0.1, 0.15) is 11.1 Å². The molecule has 1 fully saturated rings. The molecule has 19 heavy (non-hydrogen) atoms. The van der Waals surface area contributed by atoms with Crippen molar-refractivity contribution in [2.45, 2.75) is 22.2 Å². The fourth-order valence-corrected chi connectivity index (χ4v) is 3.66. The van der Waals surface area contributed by atoms with Gasteiger partial charge in [-0.3, -0.25) is 0 Å². The lowest BCUT2D eigenvalue weighted by atomic mass is 10.3. The number of pyridine rings is 1. The molecule has 0 N–H and O–H groups in total. The van der Waals surface area contributed by atoms with Crippen molar-refractivity contribution in [1.29, 1.82) is 5.26 Å². The van der Waals surface area contributed by atoms with E-state index in [4.69, 9.17) is 5.26 Å². The fraction of sp³-hybridized carbons (Fsp3) is 0.333. The van der Waals surface area contributed by atoms with Crippen molar-refractivity contribution >= 4 is 28.2 Å². The highest BCUT2D eigenvalue weighted by molar-refractivity contribution is 8.01. The largest absolute Gasteiger partial charge is 0.347 e. The van der Waals surface area contributed by atoms with E-state index < -0.39 is 0 Å². The predicted octanol–water partition coefficient (Wildman–Crippen LogP) is 2.56. The SMILES string of the molecule is N#Cc1ccc(Sc2nnc(N3CCCC3)s2)nc1. The molecule has 1 saturated heterocycles. The molecule has 0 saturated carbocycles. The molecular formula is C12H11N5S2. The average Bonchev–Trinajstić information content (AvgIpc) is 3.10. The molecule has 1 aliphatic heterocycles. The highest BCUT2D eigenvalue weighted by Gasteiger charge is 2.17. The number of hydrogen-bond donors (Lipinski definition) is 0. The highest BCUT2D eigenvalue weighted by Crippen LogP contribution is 2.33. The van der Waals surface area contributed by atoms with E-state index in [9.17, 15) is 0 Å². The van der Waals surface area contributed by atoms with Crippen molar-refractivity contribution in [2.75, 3.05) is 18.0 Å². The first-order chi connectivity index (χ1) is 9.35. The summed E-state index contributed by atoms with van der Waals surface area (Å²) in [6.45, 7) is 2.16. The minimum atomic E-state index is 0.569. The minimum absolute atomic E-state index is 0.569. The summed E-state index contributed by atoms with van der Waals surface area (Å²) in [6.07, 6.45) is 4.04. The van der Waals surface area contributed by atoms with Crippen LogP contribution in [-0.2, 0) is 0 Å². The summed E-state index contributed by atoms with van der Waals surface area (Å²) in [5.74, 6) is 0. The van der Waals surface area contributed by atoms with E-state index in [2.05, 4.69) is 26.2 Å². The van der Waals surface area contributed by atoms with E-state index in [1.54, 1.807) is 23.6 Å². The van der Waals surface area contributed by atoms with Crippen molar-refractivity contribution in [1.82, 2.24) is 15.2 Å². The minimum Gasteiger partial charge on any atom is -0.347 e. The first kappa shape index (κ1) is 12.4. The molecule has 3 heterocycles. The predicted molar refractivity (Wildman–Crippen MR) is 74.4 cm³/mol. The molecule has 0 aromatic carbocycles. The van der Waals surface area contributed by atoms with E-state index in [0.29, 0.717) is 5.56 Å². The standard InChI is InChI=1S/C12H11N5S2/c13-7-9-3-4-10(14-8-9)18-12-16-15-11(19-12)17-5-1-2-6-17/h3-4,8H,1-2,5-6H2. The van der Waals surface area contributed by atoms with Gasteiger partial charge >= 0.3 is 0 Å². The van der Waals surface area contributed by atoms with Crippen molar-refractivity contribution in [3.63, 3.8) is 0 Å². The molecule has 0 unspecified atom stereocenters. The molecule has 0 bridgehead atoms. The van der Waals surface area contributed by atoms with E-state index in [0.717, 1.165) is 27.6 Å². The highest BCUT2D eigenvalue weighted by atomic mass is 32.2. The average molecular weight is 289 g/mol. The zero-order chi connectivity index (χ0) is 13.1. The molecule has 0 amide bonds. The third kappa shape index (κ3) is 2.85. The molecule has 2 aromatic heterocycles. The lowest BCUT2D eigenvalue weighted by molar-refractivity contribution is 0.912. The second-order valence-electron chi connectivity index (χ2n) is 4.14. The second-order valence-corrected chi connectivity index (χ2v) is 6.37. The van der Waals surface area contributed by atoms with Crippen LogP contribution in [-0.4, -0.2) is 28.3 Å². The molecule has 1 aliphatic rings. The first-order valence-electron chi connectivity index (χ1n) is 5.97. The lowest BCUT2D eigenvalue weighted by Crippen LogP contribution is -2.17. The van der Waals surface area contributed by atoms with Crippen molar-refractivity contribution in [3.05, 3.63) is 23.9 Å². The maximum Gasteiger partial charge on any atom is 0.209 e. The Morgan fingerprint density at radius 1 is 1.26 bits per heavy atom. The summed E-state index contributed by atoms with van der Waals surface area (Å²) >= 11 is 3.08. The Kier molecular flexibility index (Phi) is 3.62. The third-order valence-electron chi connectivity index (χ3n) is 2.83. The van der Waals surface area contributed by atoms with Crippen LogP contribution in [0.15, 0.2) is 27.7 Å². The number of nitrogens with zero attached hydrogens (tertiary/aromatic N) is 5. The summed E-state index contributed by atoms with van der Waals surface area (Å²) in [5, 5.41) is 19.0. The monoisotopic (exact) mass is 289 g/mol. The Balaban J connectivity index is 1.70. The van der Waals surface area contributed by atoms with Gasteiger partial charge in [-0.2, -0.15) is 5.26 Å². The molecule has 0 aliphatic carbocycles. The van der Waals surface area contributed by atoms with Crippen LogP contribution in [0.3, 0.4) is 0 Å². The molecule has 2 aromatic rings. The van der Waals surface area contributed by atoms with Gasteiger partial charge in [-0.1, -0.05) is 11.3 Å². The van der Waals surface area contributed by atoms with Gasteiger partial charge < -0.3 is 4.90 Å². The Labute approximate surface area is 119 Å². The molecule has 0 radical (unpaired) electrons. The fourth-order valence-electron chi connectivity index (χ4n) is 1.88. The Hall–Kier alpha value is -1.65. The summed E-state index contributed by atoms with van der Waals surface area (Å²) in [7, 11) is 0. The Bertz CT molecular complexity index is 595. The normalized spacial score (nSPS) is 14.6. The Morgan fingerprint density at radius 2 is 2.11 bits per heavy atom. The van der Waals surface area contributed by atoms with Gasteiger partial charge in [0.25, 0.3) is 0 Å². The molecule has 3 rings (SSSR count). The summed E-state index contributed by atoms with van der Waals surface area (Å²) in [6, 6.07) is 5.65. The van der Waals surface area contributed by atoms with Crippen LogP contribution in [0.4, 0.5) is 5.13 Å². The maximum atomic E-state index is 8.72. The summed E-state index contributed by atoms with van der Waals surface area (Å²) in [5.41, 5.74) is 0.569. The topological polar surface area (TPSA) is 65.7 Å². The van der Waals surface area contributed by atoms with Gasteiger partial charge in [0.15, 0.2) is 4.34 Å². The number of anilines is 1. The Morgan fingerprint density at radius 3 is 2.79 bits per heavy atom. The van der Waals surface area contributed by atoms with Gasteiger partial charge in [-0.05, 0) is 36.7 Å². The van der Waals surface area contributed by atoms with E-state index >= 15 is 0 Å². The zero-order valence-corrected chi connectivity index (χ0v) is 11.7. The van der Waals surface area contributed by atoms with Gasteiger partial charge in [0.2, 0.25) is 5.13 Å². The zero-order valence-electron chi connectivity index (χ0n) is 10.1. The number of nitriles is 1. The lowest BCUT2D eigenvalue weighted by Gasteiger charge is -2.10. The van der Waals surface area contributed by atoms with E-state index in [1.807, 2.05) is 6.07 Å². The smallest absolute Gasteiger partial charge is 0.209 e. The third-order valence-corrected chi connectivity index (χ3v) is 4.82. The van der Waals surface area contributed by atoms with Crippen LogP contribution in [0.2, 0.25) is 0 Å². The van der Waals surface area contributed by atoms with Crippen molar-refractivity contribution < 1.29 is 0 Å². The maximum absolute atomic E-state index is 8.72. The molecule has 5 nitrogen and oxygen atoms in total. The van der Waals surface area contributed by atoms with Crippen LogP contribution in [0, 0.1) is 11.3 Å². The van der Waals surface area contributed by atoms with E-state index in [-0.39, 0.29) is 0 Å². The van der Waals surface area contributed by atoms with Gasteiger partial charge in [0.05, 0.1) is 5.56 Å². The van der Waals surface area contributed by atoms with Crippen LogP contribution < -0.4 is 4.90 Å². The number of hydrogen-bond acceptors (Lipinski definition) is 7. The second kappa shape index (κ2) is 5.55. The summed E-state index contributed by atoms with van der Waals surface area (Å²) in [4.78, 5) is 6.49. The quantitative estimate of drug-likeness (QED) is 0.865. The van der Waals surface area contributed by atoms with E-state index in [1.165, 1.54) is 24.6 Å². The number of rotatable bonds is 3. The van der Waals surface area contributed by atoms with Gasteiger partial charge in [0, 0.05) is 19.3 Å². The number of aromatic nitrogens is 3. The molecular weight excluding hydrogens is 278 g/mol. The van der Waals surface area contributed by atoms with Crippen molar-refractivity contribution in [2.24, 2.45) is 0 Å². The first-order valence-corrected chi connectivity index (χ1v) is 7.61. The van der Waals surface area contributed by atoms with Crippen LogP contribution in [0.25, 0.3) is 0 Å². The molecule has 0 atom stereocenters. The molecule has 0 spiro atoms. The van der Waals surface area contributed by atoms with Crippen LogP contribution >= 0.6 is 23.1 Å². The van der Waals surface area contributed by atoms with Crippen molar-refractivity contribution in [3.8, 4) is 6.07 Å². The van der Waals surface area contributed by atoms with Crippen LogP contribution in [0.5, 0.6) is 0 Å². The van der Waals surface area contributed by atoms with Gasteiger partial charge in [-0.15, -0.1) is 10.2 Å². The molecule has 7 heteroatoms.